The molecule has 2 atom stereocenters. The number of morpholine rings is 1. The highest BCUT2D eigenvalue weighted by molar-refractivity contribution is 5.89. The highest BCUT2D eigenvalue weighted by Crippen LogP contribution is 2.13. The molecule has 5 heteroatoms. The summed E-state index contributed by atoms with van der Waals surface area (Å²) in [6.45, 7) is 3.51. The van der Waals surface area contributed by atoms with Crippen LogP contribution >= 0.6 is 0 Å². The van der Waals surface area contributed by atoms with Crippen LogP contribution < -0.4 is 11.1 Å². The number of para-hydroxylation sites is 1. The second kappa shape index (κ2) is 5.84. The van der Waals surface area contributed by atoms with E-state index in [9.17, 15) is 4.79 Å². The number of benzene rings is 1. The average molecular weight is 249 g/mol. The number of hydrogen-bond donors (Lipinski definition) is 2. The summed E-state index contributed by atoms with van der Waals surface area (Å²) in [5.41, 5.74) is 6.39. The van der Waals surface area contributed by atoms with Gasteiger partial charge in [0, 0.05) is 25.3 Å². The Kier molecular flexibility index (Phi) is 4.17. The number of nitrogens with zero attached hydrogens (tertiary/aromatic N) is 1. The van der Waals surface area contributed by atoms with E-state index >= 15 is 0 Å². The molecule has 1 fully saturated rings. The molecule has 0 spiro atoms. The molecule has 2 amide bonds. The topological polar surface area (TPSA) is 67.6 Å². The van der Waals surface area contributed by atoms with Crippen molar-refractivity contribution in [3.63, 3.8) is 0 Å². The lowest BCUT2D eigenvalue weighted by atomic mass is 10.2. The number of anilines is 1. The minimum atomic E-state index is -0.102. The van der Waals surface area contributed by atoms with E-state index in [2.05, 4.69) is 5.32 Å². The van der Waals surface area contributed by atoms with Gasteiger partial charge in [0.05, 0.1) is 12.2 Å². The lowest BCUT2D eigenvalue weighted by Crippen LogP contribution is -2.52. The summed E-state index contributed by atoms with van der Waals surface area (Å²) in [5, 5.41) is 2.87. The van der Waals surface area contributed by atoms with E-state index in [-0.39, 0.29) is 18.2 Å². The van der Waals surface area contributed by atoms with Crippen molar-refractivity contribution >= 4 is 11.7 Å². The second-order valence-corrected chi connectivity index (χ2v) is 4.51. The van der Waals surface area contributed by atoms with Crippen LogP contribution in [0.2, 0.25) is 0 Å². The van der Waals surface area contributed by atoms with Crippen molar-refractivity contribution in [3.05, 3.63) is 30.3 Å². The molecule has 1 saturated heterocycles. The first kappa shape index (κ1) is 12.9. The van der Waals surface area contributed by atoms with Crippen molar-refractivity contribution < 1.29 is 9.53 Å². The van der Waals surface area contributed by atoms with Gasteiger partial charge in [-0.25, -0.2) is 4.79 Å². The van der Waals surface area contributed by atoms with Gasteiger partial charge >= 0.3 is 6.03 Å². The van der Waals surface area contributed by atoms with Crippen LogP contribution in [-0.4, -0.2) is 42.8 Å². The number of ether oxygens (including phenoxy) is 1. The summed E-state index contributed by atoms with van der Waals surface area (Å²) in [6.07, 6.45) is -0.0518. The lowest BCUT2D eigenvalue weighted by Gasteiger charge is -2.36. The normalized spacial score (nSPS) is 23.8. The molecule has 0 radical (unpaired) electrons. The fourth-order valence-electron chi connectivity index (χ4n) is 2.07. The van der Waals surface area contributed by atoms with Gasteiger partial charge in [0.1, 0.15) is 0 Å². The molecule has 98 valence electrons. The summed E-state index contributed by atoms with van der Waals surface area (Å²) in [6, 6.07) is 9.32. The summed E-state index contributed by atoms with van der Waals surface area (Å²) in [5.74, 6) is 0. The maximum atomic E-state index is 12.1. The maximum Gasteiger partial charge on any atom is 0.322 e. The third-order valence-corrected chi connectivity index (χ3v) is 2.90. The Balaban J connectivity index is 1.96. The quantitative estimate of drug-likeness (QED) is 0.829. The van der Waals surface area contributed by atoms with E-state index in [0.29, 0.717) is 19.6 Å². The smallest absolute Gasteiger partial charge is 0.322 e. The monoisotopic (exact) mass is 249 g/mol. The molecule has 0 aromatic heterocycles. The summed E-state index contributed by atoms with van der Waals surface area (Å²) in [7, 11) is 0. The minimum Gasteiger partial charge on any atom is -0.370 e. The number of urea groups is 1. The minimum absolute atomic E-state index is 0.0221. The van der Waals surface area contributed by atoms with E-state index in [1.807, 2.05) is 37.3 Å². The number of rotatable bonds is 2. The fourth-order valence-corrected chi connectivity index (χ4v) is 2.07. The SMILES string of the molecule is CC1CN(C(=O)Nc2ccccc2)CC(CN)O1. The van der Waals surface area contributed by atoms with Gasteiger partial charge in [0.15, 0.2) is 0 Å². The Morgan fingerprint density at radius 1 is 1.44 bits per heavy atom. The molecule has 5 nitrogen and oxygen atoms in total. The van der Waals surface area contributed by atoms with Crippen molar-refractivity contribution in [2.45, 2.75) is 19.1 Å². The van der Waals surface area contributed by atoms with Crippen LogP contribution in [0, 0.1) is 0 Å². The van der Waals surface area contributed by atoms with E-state index in [1.165, 1.54) is 0 Å². The first-order valence-electron chi connectivity index (χ1n) is 6.15. The summed E-state index contributed by atoms with van der Waals surface area (Å²) >= 11 is 0. The van der Waals surface area contributed by atoms with Gasteiger partial charge in [0.2, 0.25) is 0 Å². The van der Waals surface area contributed by atoms with Crippen LogP contribution in [0.4, 0.5) is 10.5 Å². The van der Waals surface area contributed by atoms with Gasteiger partial charge in [-0.3, -0.25) is 0 Å². The van der Waals surface area contributed by atoms with Crippen LogP contribution in [0.1, 0.15) is 6.92 Å². The highest BCUT2D eigenvalue weighted by atomic mass is 16.5. The first-order chi connectivity index (χ1) is 8.69. The Bertz CT molecular complexity index is 396. The molecule has 18 heavy (non-hydrogen) atoms. The molecule has 3 N–H and O–H groups in total. The first-order valence-corrected chi connectivity index (χ1v) is 6.15. The third-order valence-electron chi connectivity index (χ3n) is 2.90. The number of nitrogens with two attached hydrogens (primary N) is 1. The molecule has 1 heterocycles. The average Bonchev–Trinajstić information content (AvgIpc) is 2.39. The molecule has 0 saturated carbocycles. The van der Waals surface area contributed by atoms with E-state index in [1.54, 1.807) is 4.90 Å². The molecule has 1 aromatic carbocycles. The molecule has 1 aromatic rings. The molecule has 0 bridgehead atoms. The van der Waals surface area contributed by atoms with Crippen molar-refractivity contribution in [2.75, 3.05) is 25.0 Å². The molecular formula is C13H19N3O2. The molecular weight excluding hydrogens is 230 g/mol. The van der Waals surface area contributed by atoms with Crippen LogP contribution in [-0.2, 0) is 4.74 Å². The predicted octanol–water partition coefficient (Wildman–Crippen LogP) is 1.27. The zero-order valence-corrected chi connectivity index (χ0v) is 10.5. The zero-order chi connectivity index (χ0) is 13.0. The molecule has 2 rings (SSSR count). The van der Waals surface area contributed by atoms with Crippen molar-refractivity contribution in [2.24, 2.45) is 5.73 Å². The number of carbonyl (C=O) groups is 1. The van der Waals surface area contributed by atoms with Gasteiger partial charge in [-0.2, -0.15) is 0 Å². The summed E-state index contributed by atoms with van der Waals surface area (Å²) < 4.78 is 5.62. The molecule has 1 aliphatic heterocycles. The summed E-state index contributed by atoms with van der Waals surface area (Å²) in [4.78, 5) is 13.8. The second-order valence-electron chi connectivity index (χ2n) is 4.51. The van der Waals surface area contributed by atoms with Crippen LogP contribution in [0.15, 0.2) is 30.3 Å². The Morgan fingerprint density at radius 2 is 2.17 bits per heavy atom. The zero-order valence-electron chi connectivity index (χ0n) is 10.5. The van der Waals surface area contributed by atoms with Gasteiger partial charge in [0.25, 0.3) is 0 Å². The number of amides is 2. The van der Waals surface area contributed by atoms with Crippen molar-refractivity contribution in [1.29, 1.82) is 0 Å². The largest absolute Gasteiger partial charge is 0.370 e. The van der Waals surface area contributed by atoms with Gasteiger partial charge in [-0.05, 0) is 19.1 Å². The molecule has 2 unspecified atom stereocenters. The fraction of sp³-hybridized carbons (Fsp3) is 0.462. The molecule has 1 aliphatic rings. The lowest BCUT2D eigenvalue weighted by molar-refractivity contribution is -0.0573. The Hall–Kier alpha value is -1.59. The standard InChI is InChI=1S/C13H19N3O2/c1-10-8-16(9-12(7-14)18-10)13(17)15-11-5-3-2-4-6-11/h2-6,10,12H,7-9,14H2,1H3,(H,15,17). The number of hydrogen-bond acceptors (Lipinski definition) is 3. The van der Waals surface area contributed by atoms with Gasteiger partial charge in [-0.1, -0.05) is 18.2 Å². The van der Waals surface area contributed by atoms with Crippen molar-refractivity contribution in [1.82, 2.24) is 4.90 Å². The van der Waals surface area contributed by atoms with E-state index < -0.39 is 0 Å². The maximum absolute atomic E-state index is 12.1. The van der Waals surface area contributed by atoms with Gasteiger partial charge < -0.3 is 20.7 Å². The Morgan fingerprint density at radius 3 is 2.83 bits per heavy atom. The number of nitrogens with one attached hydrogen (secondary N) is 1. The van der Waals surface area contributed by atoms with E-state index in [4.69, 9.17) is 10.5 Å². The molecule has 0 aliphatic carbocycles. The van der Waals surface area contributed by atoms with E-state index in [0.717, 1.165) is 5.69 Å². The predicted molar refractivity (Wildman–Crippen MR) is 70.4 cm³/mol. The number of carbonyl (C=O) groups excluding carboxylic acids is 1. The van der Waals surface area contributed by atoms with Crippen LogP contribution in [0.5, 0.6) is 0 Å². The van der Waals surface area contributed by atoms with Crippen LogP contribution in [0.3, 0.4) is 0 Å². The van der Waals surface area contributed by atoms with Gasteiger partial charge in [-0.15, -0.1) is 0 Å². The highest BCUT2D eigenvalue weighted by Gasteiger charge is 2.27. The Labute approximate surface area is 107 Å². The van der Waals surface area contributed by atoms with Crippen molar-refractivity contribution in [3.8, 4) is 0 Å². The van der Waals surface area contributed by atoms with Crippen LogP contribution in [0.25, 0.3) is 0 Å². The third kappa shape index (κ3) is 3.21.